The van der Waals surface area contributed by atoms with E-state index in [0.29, 0.717) is 35.4 Å². The number of rotatable bonds is 12. The van der Waals surface area contributed by atoms with Gasteiger partial charge in [-0.1, -0.05) is 24.3 Å². The van der Waals surface area contributed by atoms with Crippen LogP contribution in [0.5, 0.6) is 0 Å². The molecular formula is C23H25N7O5S. The van der Waals surface area contributed by atoms with Crippen molar-refractivity contribution in [1.29, 1.82) is 0 Å². The summed E-state index contributed by atoms with van der Waals surface area (Å²) in [5, 5.41) is 13.0. The van der Waals surface area contributed by atoms with E-state index in [1.807, 2.05) is 0 Å². The van der Waals surface area contributed by atoms with Crippen molar-refractivity contribution in [3.05, 3.63) is 72.7 Å². The molecule has 2 heterocycles. The molecule has 0 radical (unpaired) electrons. The summed E-state index contributed by atoms with van der Waals surface area (Å²) in [6, 6.07) is 11.4. The molecular weight excluding hydrogens is 486 g/mol. The van der Waals surface area contributed by atoms with Gasteiger partial charge in [0.2, 0.25) is 10.0 Å². The van der Waals surface area contributed by atoms with Gasteiger partial charge in [0, 0.05) is 30.9 Å². The number of H-pyrrole nitrogens is 2. The van der Waals surface area contributed by atoms with Crippen molar-refractivity contribution in [3.8, 4) is 0 Å². The molecule has 13 heteroatoms. The lowest BCUT2D eigenvalue weighted by Crippen LogP contribution is -2.49. The van der Waals surface area contributed by atoms with E-state index < -0.39 is 27.9 Å². The average molecular weight is 512 g/mol. The number of hydrogen-bond acceptors (Lipinski definition) is 8. The Morgan fingerprint density at radius 2 is 1.92 bits per heavy atom. The number of imidazole rings is 1. The van der Waals surface area contributed by atoms with E-state index in [1.165, 1.54) is 18.3 Å². The third-order valence-electron chi connectivity index (χ3n) is 5.19. The third-order valence-corrected chi connectivity index (χ3v) is 6.68. The van der Waals surface area contributed by atoms with Crippen LogP contribution in [0.2, 0.25) is 0 Å². The maximum atomic E-state index is 12.8. The number of sulfonamides is 1. The summed E-state index contributed by atoms with van der Waals surface area (Å²) in [5.74, 6) is -0.708. The lowest BCUT2D eigenvalue weighted by atomic mass is 10.1. The molecule has 1 amide bonds. The molecule has 0 saturated heterocycles. The summed E-state index contributed by atoms with van der Waals surface area (Å²) in [5.41, 5.74) is 1.01. The molecule has 5 N–H and O–H groups in total. The molecule has 0 aliphatic rings. The lowest BCUT2D eigenvalue weighted by Gasteiger charge is -2.19. The minimum absolute atomic E-state index is 0.0139. The monoisotopic (exact) mass is 511 g/mol. The third kappa shape index (κ3) is 6.25. The van der Waals surface area contributed by atoms with Crippen LogP contribution in [0.15, 0.2) is 72.0 Å². The predicted molar refractivity (Wildman–Crippen MR) is 132 cm³/mol. The second-order valence-electron chi connectivity index (χ2n) is 7.72. The van der Waals surface area contributed by atoms with Crippen molar-refractivity contribution in [3.63, 3.8) is 0 Å². The zero-order valence-electron chi connectivity index (χ0n) is 19.1. The van der Waals surface area contributed by atoms with Gasteiger partial charge in [-0.15, -0.1) is 0 Å². The van der Waals surface area contributed by atoms with E-state index in [9.17, 15) is 18.0 Å². The fraction of sp³-hybridized carbons (Fsp3) is 0.217. The molecule has 1 atom stereocenters. The largest absolute Gasteiger partial charge is 0.464 e. The molecule has 2 aromatic heterocycles. The number of aromatic nitrogens is 4. The molecule has 12 nitrogen and oxygen atoms in total. The molecule has 1 unspecified atom stereocenters. The first kappa shape index (κ1) is 24.9. The van der Waals surface area contributed by atoms with Crippen LogP contribution in [-0.4, -0.2) is 66.2 Å². The Hall–Kier alpha value is -4.23. The van der Waals surface area contributed by atoms with Crippen LogP contribution < -0.4 is 15.4 Å². The number of carbonyl (C=O) groups excluding carboxylic acids is 2. The zero-order valence-corrected chi connectivity index (χ0v) is 19.9. The fourth-order valence-electron chi connectivity index (χ4n) is 3.40. The van der Waals surface area contributed by atoms with E-state index in [2.05, 4.69) is 35.5 Å². The molecule has 36 heavy (non-hydrogen) atoms. The molecule has 0 spiro atoms. The minimum Gasteiger partial charge on any atom is -0.464 e. The number of esters is 1. The van der Waals surface area contributed by atoms with Gasteiger partial charge in [0.25, 0.3) is 5.91 Å². The molecule has 188 valence electrons. The van der Waals surface area contributed by atoms with Gasteiger partial charge >= 0.3 is 5.97 Å². The van der Waals surface area contributed by atoms with Crippen LogP contribution in [0.1, 0.15) is 16.8 Å². The van der Waals surface area contributed by atoms with E-state index in [-0.39, 0.29) is 18.0 Å². The van der Waals surface area contributed by atoms with E-state index in [4.69, 9.17) is 4.74 Å². The summed E-state index contributed by atoms with van der Waals surface area (Å²) in [4.78, 5) is 32.6. The van der Waals surface area contributed by atoms with Crippen LogP contribution in [0, 0.1) is 0 Å². The van der Waals surface area contributed by atoms with Gasteiger partial charge in [0.1, 0.15) is 6.04 Å². The number of fused-ring (bicyclic) bond motifs is 1. The maximum Gasteiger partial charge on any atom is 0.326 e. The van der Waals surface area contributed by atoms with E-state index in [0.717, 1.165) is 0 Å². The Morgan fingerprint density at radius 1 is 1.08 bits per heavy atom. The van der Waals surface area contributed by atoms with Crippen LogP contribution in [-0.2, 0) is 19.6 Å². The van der Waals surface area contributed by atoms with Gasteiger partial charge in [-0.2, -0.15) is 9.82 Å². The Bertz CT molecular complexity index is 1410. The number of ether oxygens (including phenoxy) is 1. The SMILES string of the molecule is O=C(NCC(NS(=O)(=O)c1ccccc1)C(=O)OCCCNc1ncc[nH]1)c1cccc2[nH]ncc12. The Balaban J connectivity index is 1.40. The molecule has 4 rings (SSSR count). The van der Waals surface area contributed by atoms with Gasteiger partial charge in [0.05, 0.1) is 28.8 Å². The van der Waals surface area contributed by atoms with Crippen molar-refractivity contribution in [1.82, 2.24) is 30.2 Å². The number of carbonyl (C=O) groups is 2. The molecule has 0 saturated carbocycles. The summed E-state index contributed by atoms with van der Waals surface area (Å²) in [6.45, 7) is 0.202. The van der Waals surface area contributed by atoms with Crippen molar-refractivity contribution < 1.29 is 22.7 Å². The number of aromatic amines is 2. The second kappa shape index (κ2) is 11.5. The van der Waals surface area contributed by atoms with Crippen LogP contribution >= 0.6 is 0 Å². The quantitative estimate of drug-likeness (QED) is 0.140. The van der Waals surface area contributed by atoms with Crippen molar-refractivity contribution in [2.45, 2.75) is 17.4 Å². The van der Waals surface area contributed by atoms with Crippen molar-refractivity contribution >= 4 is 38.8 Å². The standard InChI is InChI=1S/C23H25N7O5S/c31-21(17-8-4-9-19-18(17)14-28-29-19)27-15-20(30-36(33,34)16-6-2-1-3-7-16)22(32)35-13-5-10-24-23-25-11-12-26-23/h1-4,6-9,11-12,14,20,30H,5,10,13,15H2,(H,27,31)(H,28,29)(H2,24,25,26). The predicted octanol–water partition coefficient (Wildman–Crippen LogP) is 1.41. The number of anilines is 1. The smallest absolute Gasteiger partial charge is 0.326 e. The average Bonchev–Trinajstić information content (AvgIpc) is 3.58. The van der Waals surface area contributed by atoms with E-state index >= 15 is 0 Å². The molecule has 0 fully saturated rings. The fourth-order valence-corrected chi connectivity index (χ4v) is 4.60. The second-order valence-corrected chi connectivity index (χ2v) is 9.43. The highest BCUT2D eigenvalue weighted by molar-refractivity contribution is 7.89. The van der Waals surface area contributed by atoms with Crippen LogP contribution in [0.25, 0.3) is 10.9 Å². The first-order chi connectivity index (χ1) is 17.4. The number of amides is 1. The first-order valence-corrected chi connectivity index (χ1v) is 12.6. The molecule has 0 aliphatic carbocycles. The zero-order chi connectivity index (χ0) is 25.4. The Labute approximate surface area is 206 Å². The van der Waals surface area contributed by atoms with Crippen LogP contribution in [0.3, 0.4) is 0 Å². The van der Waals surface area contributed by atoms with Gasteiger partial charge in [-0.25, -0.2) is 13.4 Å². The van der Waals surface area contributed by atoms with Crippen molar-refractivity contribution in [2.24, 2.45) is 0 Å². The number of nitrogens with zero attached hydrogens (tertiary/aromatic N) is 2. The van der Waals surface area contributed by atoms with E-state index in [1.54, 1.807) is 48.8 Å². The maximum absolute atomic E-state index is 12.8. The normalized spacial score (nSPS) is 12.2. The highest BCUT2D eigenvalue weighted by atomic mass is 32.2. The van der Waals surface area contributed by atoms with Gasteiger partial charge < -0.3 is 20.4 Å². The molecule has 4 aromatic rings. The highest BCUT2D eigenvalue weighted by Gasteiger charge is 2.28. The summed E-state index contributed by atoms with van der Waals surface area (Å²) in [6.07, 6.45) is 5.25. The number of hydrogen-bond donors (Lipinski definition) is 5. The summed E-state index contributed by atoms with van der Waals surface area (Å²) < 4.78 is 33.3. The molecule has 2 aromatic carbocycles. The summed E-state index contributed by atoms with van der Waals surface area (Å²) in [7, 11) is -4.05. The number of nitrogens with one attached hydrogen (secondary N) is 5. The van der Waals surface area contributed by atoms with Gasteiger partial charge in [-0.05, 0) is 30.7 Å². The Morgan fingerprint density at radius 3 is 2.69 bits per heavy atom. The highest BCUT2D eigenvalue weighted by Crippen LogP contribution is 2.16. The molecule has 0 bridgehead atoms. The Kier molecular flexibility index (Phi) is 7.92. The van der Waals surface area contributed by atoms with Gasteiger partial charge in [0.15, 0.2) is 5.95 Å². The van der Waals surface area contributed by atoms with Crippen LogP contribution in [0.4, 0.5) is 5.95 Å². The lowest BCUT2D eigenvalue weighted by molar-refractivity contribution is -0.145. The topological polar surface area (TPSA) is 171 Å². The first-order valence-electron chi connectivity index (χ1n) is 11.1. The molecule has 0 aliphatic heterocycles. The minimum atomic E-state index is -4.05. The van der Waals surface area contributed by atoms with Crippen molar-refractivity contribution in [2.75, 3.05) is 25.0 Å². The number of benzene rings is 2. The summed E-state index contributed by atoms with van der Waals surface area (Å²) >= 11 is 0. The van der Waals surface area contributed by atoms with Gasteiger partial charge in [-0.3, -0.25) is 14.7 Å².